The van der Waals surface area contributed by atoms with Crippen molar-refractivity contribution in [3.63, 3.8) is 0 Å². The number of carbonyl (C=O) groups is 1. The third kappa shape index (κ3) is 3.75. The van der Waals surface area contributed by atoms with Gasteiger partial charge in [0.2, 0.25) is 5.82 Å². The van der Waals surface area contributed by atoms with E-state index in [1.807, 2.05) is 0 Å². The highest BCUT2D eigenvalue weighted by molar-refractivity contribution is 5.94. The molecule has 1 amide bonds. The number of hydrogen-bond donors (Lipinski definition) is 1. The Balaban J connectivity index is 1.45. The van der Waals surface area contributed by atoms with Gasteiger partial charge in [-0.15, -0.1) is 5.10 Å². The van der Waals surface area contributed by atoms with Crippen molar-refractivity contribution in [1.82, 2.24) is 19.7 Å². The standard InChI is InChI=1S/C20H22N4O5/c1-27-15-8-5-13(12-17(15)28-2)19(25)21-9-10-23-20(26)24(14-6-7-14)18(22-23)16-4-3-11-29-16/h3-5,8,11-12,14H,6-7,9-10H2,1-2H3,(H,21,25). The second-order valence-electron chi connectivity index (χ2n) is 6.73. The zero-order valence-corrected chi connectivity index (χ0v) is 16.3. The number of aromatic nitrogens is 3. The van der Waals surface area contributed by atoms with Crippen LogP contribution < -0.4 is 20.5 Å². The topological polar surface area (TPSA) is 101 Å². The predicted octanol–water partition coefficient (Wildman–Crippen LogP) is 2.09. The highest BCUT2D eigenvalue weighted by Gasteiger charge is 2.31. The molecule has 1 N–H and O–H groups in total. The van der Waals surface area contributed by atoms with Crippen LogP contribution in [-0.4, -0.2) is 41.0 Å². The Kier molecular flexibility index (Phi) is 5.11. The molecule has 1 aliphatic carbocycles. The summed E-state index contributed by atoms with van der Waals surface area (Å²) in [5.41, 5.74) is 0.244. The molecule has 3 aromatic rings. The van der Waals surface area contributed by atoms with Crippen molar-refractivity contribution < 1.29 is 18.7 Å². The molecule has 152 valence electrons. The highest BCUT2D eigenvalue weighted by atomic mass is 16.5. The minimum Gasteiger partial charge on any atom is -0.493 e. The maximum absolute atomic E-state index is 12.7. The SMILES string of the molecule is COc1ccc(C(=O)NCCn2nc(-c3ccco3)n(C3CC3)c2=O)cc1OC. The molecule has 2 aromatic heterocycles. The van der Waals surface area contributed by atoms with Crippen molar-refractivity contribution in [2.45, 2.75) is 25.4 Å². The van der Waals surface area contributed by atoms with Crippen LogP contribution in [0.4, 0.5) is 0 Å². The van der Waals surface area contributed by atoms with E-state index in [1.54, 1.807) is 41.2 Å². The van der Waals surface area contributed by atoms with Gasteiger partial charge in [-0.25, -0.2) is 9.48 Å². The molecule has 0 bridgehead atoms. The smallest absolute Gasteiger partial charge is 0.346 e. The van der Waals surface area contributed by atoms with Gasteiger partial charge >= 0.3 is 5.69 Å². The summed E-state index contributed by atoms with van der Waals surface area (Å²) < 4.78 is 18.9. The molecule has 4 rings (SSSR count). The van der Waals surface area contributed by atoms with Crippen molar-refractivity contribution in [2.24, 2.45) is 0 Å². The predicted molar refractivity (Wildman–Crippen MR) is 104 cm³/mol. The number of nitrogens with zero attached hydrogens (tertiary/aromatic N) is 3. The normalized spacial score (nSPS) is 13.3. The van der Waals surface area contributed by atoms with E-state index < -0.39 is 0 Å². The van der Waals surface area contributed by atoms with Gasteiger partial charge in [-0.2, -0.15) is 0 Å². The number of amides is 1. The number of ether oxygens (including phenoxy) is 2. The molecule has 9 nitrogen and oxygen atoms in total. The van der Waals surface area contributed by atoms with Gasteiger partial charge in [0.05, 0.1) is 27.0 Å². The second-order valence-corrected chi connectivity index (χ2v) is 6.73. The zero-order chi connectivity index (χ0) is 20.4. The van der Waals surface area contributed by atoms with Crippen LogP contribution in [0.1, 0.15) is 29.2 Å². The van der Waals surface area contributed by atoms with Crippen LogP contribution in [0.15, 0.2) is 45.8 Å². The summed E-state index contributed by atoms with van der Waals surface area (Å²) in [5, 5.41) is 7.22. The van der Waals surface area contributed by atoms with Gasteiger partial charge in [-0.05, 0) is 43.2 Å². The molecule has 0 spiro atoms. The number of methoxy groups -OCH3 is 2. The number of benzene rings is 1. The van der Waals surface area contributed by atoms with Crippen molar-refractivity contribution in [2.75, 3.05) is 20.8 Å². The van der Waals surface area contributed by atoms with Crippen LogP contribution in [0, 0.1) is 0 Å². The van der Waals surface area contributed by atoms with Crippen LogP contribution >= 0.6 is 0 Å². The third-order valence-electron chi connectivity index (χ3n) is 4.78. The van der Waals surface area contributed by atoms with Gasteiger partial charge in [0.15, 0.2) is 17.3 Å². The number of nitrogens with one attached hydrogen (secondary N) is 1. The molecule has 0 atom stereocenters. The van der Waals surface area contributed by atoms with Crippen molar-refractivity contribution in [1.29, 1.82) is 0 Å². The van der Waals surface area contributed by atoms with Gasteiger partial charge in [0.25, 0.3) is 5.91 Å². The van der Waals surface area contributed by atoms with E-state index in [1.165, 1.54) is 18.9 Å². The Morgan fingerprint density at radius 2 is 2.03 bits per heavy atom. The highest BCUT2D eigenvalue weighted by Crippen LogP contribution is 2.36. The lowest BCUT2D eigenvalue weighted by molar-refractivity contribution is 0.0951. The van der Waals surface area contributed by atoms with E-state index in [4.69, 9.17) is 13.9 Å². The van der Waals surface area contributed by atoms with E-state index in [2.05, 4.69) is 10.4 Å². The molecule has 1 saturated carbocycles. The summed E-state index contributed by atoms with van der Waals surface area (Å²) in [5.74, 6) is 1.83. The van der Waals surface area contributed by atoms with E-state index in [-0.39, 0.29) is 30.7 Å². The molecule has 1 fully saturated rings. The summed E-state index contributed by atoms with van der Waals surface area (Å²) in [7, 11) is 3.05. The molecular formula is C20H22N4O5. The fourth-order valence-corrected chi connectivity index (χ4v) is 3.16. The molecule has 0 saturated heterocycles. The zero-order valence-electron chi connectivity index (χ0n) is 16.3. The number of hydrogen-bond acceptors (Lipinski definition) is 6. The first-order valence-corrected chi connectivity index (χ1v) is 9.36. The van der Waals surface area contributed by atoms with Gasteiger partial charge in [0.1, 0.15) is 0 Å². The lowest BCUT2D eigenvalue weighted by Gasteiger charge is -2.10. The fourth-order valence-electron chi connectivity index (χ4n) is 3.16. The average Bonchev–Trinajstić information content (AvgIpc) is 3.31. The summed E-state index contributed by atoms with van der Waals surface area (Å²) in [6.45, 7) is 0.512. The molecule has 0 aliphatic heterocycles. The Morgan fingerprint density at radius 3 is 2.69 bits per heavy atom. The number of furan rings is 1. The van der Waals surface area contributed by atoms with Gasteiger partial charge in [-0.3, -0.25) is 9.36 Å². The number of carbonyl (C=O) groups excluding carboxylic acids is 1. The third-order valence-corrected chi connectivity index (χ3v) is 4.78. The largest absolute Gasteiger partial charge is 0.493 e. The van der Waals surface area contributed by atoms with E-state index in [0.717, 1.165) is 12.8 Å². The maximum atomic E-state index is 12.7. The van der Waals surface area contributed by atoms with E-state index in [9.17, 15) is 9.59 Å². The second kappa shape index (κ2) is 7.86. The summed E-state index contributed by atoms with van der Waals surface area (Å²) in [6.07, 6.45) is 3.46. The van der Waals surface area contributed by atoms with E-state index >= 15 is 0 Å². The van der Waals surface area contributed by atoms with Crippen LogP contribution in [0.2, 0.25) is 0 Å². The fraction of sp³-hybridized carbons (Fsp3) is 0.350. The Hall–Kier alpha value is -3.49. The van der Waals surface area contributed by atoms with Gasteiger partial charge < -0.3 is 19.2 Å². The summed E-state index contributed by atoms with van der Waals surface area (Å²) >= 11 is 0. The molecular weight excluding hydrogens is 376 g/mol. The minimum atomic E-state index is -0.271. The van der Waals surface area contributed by atoms with Gasteiger partial charge in [0, 0.05) is 18.2 Å². The quantitative estimate of drug-likeness (QED) is 0.624. The lowest BCUT2D eigenvalue weighted by atomic mass is 10.2. The maximum Gasteiger partial charge on any atom is 0.346 e. The molecule has 0 radical (unpaired) electrons. The van der Waals surface area contributed by atoms with Crippen LogP contribution in [0.3, 0.4) is 0 Å². The molecule has 0 unspecified atom stereocenters. The van der Waals surface area contributed by atoms with Crippen molar-refractivity contribution >= 4 is 5.91 Å². The van der Waals surface area contributed by atoms with E-state index in [0.29, 0.717) is 28.6 Å². The molecule has 2 heterocycles. The summed E-state index contributed by atoms with van der Waals surface area (Å²) in [4.78, 5) is 25.2. The van der Waals surface area contributed by atoms with Crippen molar-refractivity contribution in [3.8, 4) is 23.1 Å². The molecule has 1 aliphatic rings. The molecule has 9 heteroatoms. The minimum absolute atomic E-state index is 0.165. The number of rotatable bonds is 8. The molecule has 29 heavy (non-hydrogen) atoms. The van der Waals surface area contributed by atoms with Crippen LogP contribution in [-0.2, 0) is 6.54 Å². The Morgan fingerprint density at radius 1 is 1.24 bits per heavy atom. The van der Waals surface area contributed by atoms with Crippen LogP contribution in [0.5, 0.6) is 11.5 Å². The Labute approximate surface area is 166 Å². The first-order valence-electron chi connectivity index (χ1n) is 9.36. The first kappa shape index (κ1) is 18.9. The lowest BCUT2D eigenvalue weighted by Crippen LogP contribution is -2.32. The molecule has 1 aromatic carbocycles. The Bertz CT molecular complexity index is 1060. The van der Waals surface area contributed by atoms with Crippen molar-refractivity contribution in [3.05, 3.63) is 52.6 Å². The van der Waals surface area contributed by atoms with Gasteiger partial charge in [-0.1, -0.05) is 0 Å². The van der Waals surface area contributed by atoms with Crippen LogP contribution in [0.25, 0.3) is 11.6 Å². The monoisotopic (exact) mass is 398 g/mol. The first-order chi connectivity index (χ1) is 14.1. The average molecular weight is 398 g/mol. The summed E-state index contributed by atoms with van der Waals surface area (Å²) in [6, 6.07) is 8.64.